The monoisotopic (exact) mass is 574 g/mol. The van der Waals surface area contributed by atoms with E-state index in [-0.39, 0.29) is 3.74 Å². The largest absolute Gasteiger partial charge is 0.0968 e. The fourth-order valence-corrected chi connectivity index (χ4v) is 6.07. The van der Waals surface area contributed by atoms with Gasteiger partial charge in [0.15, 0.2) is 0 Å². The summed E-state index contributed by atoms with van der Waals surface area (Å²) in [5.74, 6) is 0. The molecule has 78 valence electrons. The van der Waals surface area contributed by atoms with Crippen molar-refractivity contribution >= 4 is 95.6 Å². The van der Waals surface area contributed by atoms with E-state index in [4.69, 9.17) is 0 Å². The quantitative estimate of drug-likeness (QED) is 0.194. The van der Waals surface area contributed by atoms with Crippen LogP contribution in [-0.4, -0.2) is 0 Å². The maximum absolute atomic E-state index is 3.58. The van der Waals surface area contributed by atoms with Crippen LogP contribution in [0.5, 0.6) is 0 Å². The van der Waals surface area contributed by atoms with Crippen molar-refractivity contribution in [1.82, 2.24) is 0 Å². The van der Waals surface area contributed by atoms with Crippen molar-refractivity contribution in [3.05, 3.63) is 29.0 Å². The average Bonchev–Trinajstić information content (AvgIpc) is 2.11. The maximum Gasteiger partial charge on any atom is 0.0968 e. The molecule has 1 aromatic carbocycles. The van der Waals surface area contributed by atoms with Gasteiger partial charge in [0.25, 0.3) is 0 Å². The molecule has 0 aromatic heterocycles. The number of benzene rings is 1. The Balaban J connectivity index is 3.60. The molecule has 1 aromatic rings. The summed E-state index contributed by atoms with van der Waals surface area (Å²) >= 11 is 21.2. The minimum Gasteiger partial charge on any atom is -0.0711 e. The van der Waals surface area contributed by atoms with Crippen LogP contribution in [0.2, 0.25) is 0 Å². The summed E-state index contributed by atoms with van der Waals surface area (Å²) in [6, 6.07) is 0. The summed E-state index contributed by atoms with van der Waals surface area (Å²) in [5.41, 5.74) is 2.30. The lowest BCUT2D eigenvalue weighted by molar-refractivity contribution is 1.25. The highest BCUT2D eigenvalue weighted by molar-refractivity contribution is 9.24. The lowest BCUT2D eigenvalue weighted by Gasteiger charge is -2.15. The highest BCUT2D eigenvalue weighted by Gasteiger charge is 2.19. The summed E-state index contributed by atoms with van der Waals surface area (Å²) < 4.78 is 4.30. The van der Waals surface area contributed by atoms with E-state index in [0.717, 1.165) is 23.5 Å². The van der Waals surface area contributed by atoms with E-state index in [1.807, 2.05) is 0 Å². The van der Waals surface area contributed by atoms with Gasteiger partial charge in [-0.3, -0.25) is 0 Å². The lowest BCUT2D eigenvalue weighted by Crippen LogP contribution is -1.92. The Morgan fingerprint density at radius 2 is 1.29 bits per heavy atom. The van der Waals surface area contributed by atoms with Crippen LogP contribution in [-0.2, 0) is 0 Å². The Morgan fingerprint density at radius 3 is 1.71 bits per heavy atom. The molecule has 0 atom stereocenters. The topological polar surface area (TPSA) is 0 Å². The molecule has 1 rings (SSSR count). The normalized spacial score (nSPS) is 11.1. The van der Waals surface area contributed by atoms with Gasteiger partial charge in [-0.2, -0.15) is 0 Å². The van der Waals surface area contributed by atoms with E-state index < -0.39 is 0 Å². The van der Waals surface area contributed by atoms with Gasteiger partial charge in [-0.05, 0) is 60.3 Å². The minimum atomic E-state index is 0.113. The molecular weight excluding hydrogens is 576 g/mol. The molecule has 0 bridgehead atoms. The van der Waals surface area contributed by atoms with Gasteiger partial charge in [0.05, 0.1) is 3.74 Å². The Morgan fingerprint density at radius 1 is 0.786 bits per heavy atom. The van der Waals surface area contributed by atoms with Crippen LogP contribution < -0.4 is 0 Å². The number of hydrogen-bond donors (Lipinski definition) is 0. The van der Waals surface area contributed by atoms with Crippen molar-refractivity contribution in [2.75, 3.05) is 0 Å². The maximum atomic E-state index is 3.58. The van der Waals surface area contributed by atoms with Gasteiger partial charge in [0, 0.05) is 23.5 Å². The molecule has 6 heteroatoms. The first-order valence-electron chi connectivity index (χ1n) is 3.48. The van der Waals surface area contributed by atoms with E-state index in [0.29, 0.717) is 0 Å². The summed E-state index contributed by atoms with van der Waals surface area (Å²) in [6.45, 7) is 2.05. The fourth-order valence-electron chi connectivity index (χ4n) is 0.966. The van der Waals surface area contributed by atoms with Crippen molar-refractivity contribution in [3.8, 4) is 0 Å². The predicted molar refractivity (Wildman–Crippen MR) is 82.6 cm³/mol. The second-order valence-electron chi connectivity index (χ2n) is 2.60. The zero-order chi connectivity index (χ0) is 11.0. The zero-order valence-corrected chi connectivity index (χ0v) is 16.4. The summed E-state index contributed by atoms with van der Waals surface area (Å²) in [6.07, 6.45) is 0. The number of alkyl halides is 2. The fraction of sp³-hybridized carbons (Fsp3) is 0.250. The molecule has 0 saturated heterocycles. The first kappa shape index (κ1) is 14.2. The molecule has 0 heterocycles. The van der Waals surface area contributed by atoms with Crippen molar-refractivity contribution in [2.45, 2.75) is 10.7 Å². The molecule has 0 aliphatic heterocycles. The van der Waals surface area contributed by atoms with E-state index in [1.165, 1.54) is 5.56 Å². The van der Waals surface area contributed by atoms with Gasteiger partial charge >= 0.3 is 0 Å². The van der Waals surface area contributed by atoms with E-state index >= 15 is 0 Å². The van der Waals surface area contributed by atoms with Crippen LogP contribution >= 0.6 is 95.6 Å². The third-order valence-electron chi connectivity index (χ3n) is 1.74. The summed E-state index contributed by atoms with van der Waals surface area (Å²) in [5, 5.41) is 0. The second-order valence-corrected chi connectivity index (χ2v) is 8.83. The van der Waals surface area contributed by atoms with Crippen LogP contribution in [0.4, 0.5) is 0 Å². The Bertz CT molecular complexity index is 342. The van der Waals surface area contributed by atoms with Gasteiger partial charge in [-0.1, -0.05) is 47.8 Å². The van der Waals surface area contributed by atoms with Crippen LogP contribution in [0.1, 0.15) is 14.9 Å². The van der Waals surface area contributed by atoms with Gasteiger partial charge in [-0.15, -0.1) is 0 Å². The smallest absolute Gasteiger partial charge is 0.0711 e. The Kier molecular flexibility index (Phi) is 5.69. The molecular formula is C8H4Br6. The first-order chi connectivity index (χ1) is 6.37. The van der Waals surface area contributed by atoms with E-state index in [2.05, 4.69) is 103 Å². The molecule has 0 N–H and O–H groups in total. The molecule has 0 aliphatic carbocycles. The van der Waals surface area contributed by atoms with E-state index in [9.17, 15) is 0 Å². The molecule has 0 radical (unpaired) electrons. The predicted octanol–water partition coefficient (Wildman–Crippen LogP) is 6.83. The molecule has 0 saturated carbocycles. The molecule has 14 heavy (non-hydrogen) atoms. The standard InChI is InChI=1S/C8H4Br6/c1-2-4(9)3(8(13)14)6(11)7(12)5(2)10/h8H,1H3. The second kappa shape index (κ2) is 5.63. The highest BCUT2D eigenvalue weighted by atomic mass is 79.9. The van der Waals surface area contributed by atoms with Crippen molar-refractivity contribution in [2.24, 2.45) is 0 Å². The van der Waals surface area contributed by atoms with Gasteiger partial charge in [0.1, 0.15) is 0 Å². The molecule has 0 amide bonds. The Hall–Kier alpha value is 2.10. The van der Waals surface area contributed by atoms with Gasteiger partial charge in [-0.25, -0.2) is 0 Å². The molecule has 0 nitrogen and oxygen atoms in total. The third kappa shape index (κ3) is 2.67. The first-order valence-corrected chi connectivity index (χ1v) is 8.48. The third-order valence-corrected chi connectivity index (χ3v) is 7.34. The number of hydrogen-bond acceptors (Lipinski definition) is 0. The van der Waals surface area contributed by atoms with Crippen LogP contribution in [0.3, 0.4) is 0 Å². The number of rotatable bonds is 1. The van der Waals surface area contributed by atoms with Crippen LogP contribution in [0.25, 0.3) is 0 Å². The van der Waals surface area contributed by atoms with E-state index in [1.54, 1.807) is 0 Å². The molecule has 0 spiro atoms. The van der Waals surface area contributed by atoms with Crippen molar-refractivity contribution in [3.63, 3.8) is 0 Å². The van der Waals surface area contributed by atoms with Crippen molar-refractivity contribution < 1.29 is 0 Å². The highest BCUT2D eigenvalue weighted by Crippen LogP contribution is 2.47. The molecule has 0 unspecified atom stereocenters. The molecule has 0 aliphatic rings. The van der Waals surface area contributed by atoms with Gasteiger partial charge < -0.3 is 0 Å². The number of halogens is 6. The Labute approximate surface area is 133 Å². The molecule has 0 fully saturated rings. The van der Waals surface area contributed by atoms with Crippen LogP contribution in [0, 0.1) is 6.92 Å². The van der Waals surface area contributed by atoms with Crippen molar-refractivity contribution in [1.29, 1.82) is 0 Å². The summed E-state index contributed by atoms with van der Waals surface area (Å²) in [7, 11) is 0. The zero-order valence-electron chi connectivity index (χ0n) is 6.85. The SMILES string of the molecule is Cc1c(Br)c(Br)c(Br)c(C(Br)Br)c1Br. The summed E-state index contributed by atoms with van der Waals surface area (Å²) in [4.78, 5) is 0. The lowest BCUT2D eigenvalue weighted by atomic mass is 10.2. The van der Waals surface area contributed by atoms with Crippen LogP contribution in [0.15, 0.2) is 17.9 Å². The average molecular weight is 580 g/mol. The van der Waals surface area contributed by atoms with Gasteiger partial charge in [0.2, 0.25) is 0 Å². The minimum absolute atomic E-state index is 0.113.